The molecule has 10 aromatic rings. The third-order valence-electron chi connectivity index (χ3n) is 13.5. The second-order valence-corrected chi connectivity index (χ2v) is 16.7. The van der Waals surface area contributed by atoms with Crippen molar-refractivity contribution < 1.29 is 4.74 Å². The number of para-hydroxylation sites is 2. The lowest BCUT2D eigenvalue weighted by Crippen LogP contribution is -2.29. The SMILES string of the molecule is c1ccc(-c2ccccc2N(c2ccc3c(c2)-c2ccccc2-c2ccccc2O3)c2cccc3c2-c2ccccc2C32c3ccccc3-c3ccccc3-c3ccccc32)cc1. The summed E-state index contributed by atoms with van der Waals surface area (Å²) < 4.78 is 6.81. The summed E-state index contributed by atoms with van der Waals surface area (Å²) >= 11 is 0. The third-order valence-corrected chi connectivity index (χ3v) is 13.5. The molecule has 13 rings (SSSR count). The van der Waals surface area contributed by atoms with Crippen LogP contribution in [0.5, 0.6) is 11.5 Å². The van der Waals surface area contributed by atoms with Crippen molar-refractivity contribution in [2.45, 2.75) is 5.41 Å². The van der Waals surface area contributed by atoms with Gasteiger partial charge in [-0.3, -0.25) is 0 Å². The number of rotatable bonds is 4. The molecule has 0 N–H and O–H groups in total. The molecule has 1 spiro atoms. The maximum absolute atomic E-state index is 6.81. The molecule has 0 unspecified atom stereocenters. The van der Waals surface area contributed by atoms with E-state index < -0.39 is 5.41 Å². The van der Waals surface area contributed by atoms with Crippen molar-refractivity contribution in [3.8, 4) is 78.3 Å². The summed E-state index contributed by atoms with van der Waals surface area (Å²) in [6, 6.07) is 86.7. The van der Waals surface area contributed by atoms with Crippen LogP contribution in [0.4, 0.5) is 17.1 Å². The molecule has 0 aromatic heterocycles. The monoisotopic (exact) mass is 801 g/mol. The van der Waals surface area contributed by atoms with Gasteiger partial charge in [-0.1, -0.05) is 200 Å². The fourth-order valence-electron chi connectivity index (χ4n) is 11.0. The van der Waals surface area contributed by atoms with E-state index in [2.05, 4.69) is 235 Å². The topological polar surface area (TPSA) is 12.5 Å². The van der Waals surface area contributed by atoms with Gasteiger partial charge in [-0.2, -0.15) is 0 Å². The summed E-state index contributed by atoms with van der Waals surface area (Å²) in [6.07, 6.45) is 0. The Kier molecular flexibility index (Phi) is 7.85. The lowest BCUT2D eigenvalue weighted by Gasteiger charge is -2.36. The number of benzene rings is 10. The predicted molar refractivity (Wildman–Crippen MR) is 259 cm³/mol. The van der Waals surface area contributed by atoms with Crippen molar-refractivity contribution in [3.05, 3.63) is 259 Å². The van der Waals surface area contributed by atoms with Crippen LogP contribution in [0.1, 0.15) is 22.3 Å². The van der Waals surface area contributed by atoms with Gasteiger partial charge in [0.15, 0.2) is 0 Å². The minimum absolute atomic E-state index is 0.606. The normalized spacial score (nSPS) is 13.0. The number of nitrogens with zero attached hydrogens (tertiary/aromatic N) is 1. The molecule has 1 aliphatic heterocycles. The molecule has 1 heterocycles. The Balaban J connectivity index is 1.13. The molecule has 0 amide bonds. The minimum Gasteiger partial charge on any atom is -0.456 e. The molecule has 294 valence electrons. The largest absolute Gasteiger partial charge is 0.456 e. The fourth-order valence-corrected chi connectivity index (χ4v) is 11.0. The summed E-state index contributed by atoms with van der Waals surface area (Å²) in [5, 5.41) is 0. The number of fused-ring (bicyclic) bond motifs is 17. The highest BCUT2D eigenvalue weighted by Crippen LogP contribution is 2.64. The van der Waals surface area contributed by atoms with Crippen LogP contribution < -0.4 is 9.64 Å². The molecule has 2 heteroatoms. The molecule has 0 saturated carbocycles. The Morgan fingerprint density at radius 3 is 1.40 bits per heavy atom. The van der Waals surface area contributed by atoms with Gasteiger partial charge in [-0.15, -0.1) is 0 Å². The van der Waals surface area contributed by atoms with Crippen molar-refractivity contribution >= 4 is 17.1 Å². The van der Waals surface area contributed by atoms with Gasteiger partial charge in [-0.25, -0.2) is 0 Å². The van der Waals surface area contributed by atoms with Gasteiger partial charge in [-0.05, 0) is 103 Å². The highest BCUT2D eigenvalue weighted by Gasteiger charge is 2.50. The van der Waals surface area contributed by atoms with Gasteiger partial charge in [0.1, 0.15) is 11.5 Å². The van der Waals surface area contributed by atoms with Crippen molar-refractivity contribution in [1.29, 1.82) is 0 Å². The Morgan fingerprint density at radius 1 is 0.286 bits per heavy atom. The first-order valence-electron chi connectivity index (χ1n) is 21.8. The molecule has 0 bridgehead atoms. The van der Waals surface area contributed by atoms with Crippen molar-refractivity contribution in [3.63, 3.8) is 0 Å². The maximum Gasteiger partial charge on any atom is 0.135 e. The number of hydrogen-bond donors (Lipinski definition) is 0. The minimum atomic E-state index is -0.606. The summed E-state index contributed by atoms with van der Waals surface area (Å²) in [4.78, 5) is 2.50. The summed E-state index contributed by atoms with van der Waals surface area (Å²) in [5.41, 5.74) is 22.0. The van der Waals surface area contributed by atoms with Gasteiger partial charge in [0.2, 0.25) is 0 Å². The van der Waals surface area contributed by atoms with Gasteiger partial charge in [0, 0.05) is 27.9 Å². The van der Waals surface area contributed by atoms with Crippen LogP contribution in [0, 0.1) is 0 Å². The van der Waals surface area contributed by atoms with Gasteiger partial charge >= 0.3 is 0 Å². The first-order chi connectivity index (χ1) is 31.3. The fraction of sp³-hybridized carbons (Fsp3) is 0.0164. The molecule has 0 fully saturated rings. The van der Waals surface area contributed by atoms with E-state index in [0.29, 0.717) is 0 Å². The third kappa shape index (κ3) is 5.13. The second kappa shape index (κ2) is 13.9. The predicted octanol–water partition coefficient (Wildman–Crippen LogP) is 16.3. The summed E-state index contributed by atoms with van der Waals surface area (Å²) in [7, 11) is 0. The van der Waals surface area contributed by atoms with Crippen LogP contribution in [0.15, 0.2) is 237 Å². The zero-order chi connectivity index (χ0) is 41.5. The molecule has 0 atom stereocenters. The Morgan fingerprint density at radius 2 is 0.730 bits per heavy atom. The van der Waals surface area contributed by atoms with Gasteiger partial charge in [0.25, 0.3) is 0 Å². The molecule has 2 nitrogen and oxygen atoms in total. The highest BCUT2D eigenvalue weighted by atomic mass is 16.5. The Labute approximate surface area is 367 Å². The van der Waals surface area contributed by atoms with Gasteiger partial charge in [0.05, 0.1) is 16.8 Å². The van der Waals surface area contributed by atoms with E-state index in [9.17, 15) is 0 Å². The first kappa shape index (κ1) is 35.5. The van der Waals surface area contributed by atoms with E-state index in [-0.39, 0.29) is 0 Å². The van der Waals surface area contributed by atoms with Crippen LogP contribution >= 0.6 is 0 Å². The van der Waals surface area contributed by atoms with Crippen LogP contribution in [0.25, 0.3) is 66.8 Å². The van der Waals surface area contributed by atoms with E-state index in [1.807, 2.05) is 6.07 Å². The second-order valence-electron chi connectivity index (χ2n) is 16.7. The van der Waals surface area contributed by atoms with E-state index in [1.54, 1.807) is 0 Å². The molecule has 2 aliphatic carbocycles. The van der Waals surface area contributed by atoms with Gasteiger partial charge < -0.3 is 9.64 Å². The van der Waals surface area contributed by atoms with E-state index in [1.165, 1.54) is 55.6 Å². The molecule has 10 aromatic carbocycles. The number of anilines is 3. The zero-order valence-electron chi connectivity index (χ0n) is 34.4. The zero-order valence-corrected chi connectivity index (χ0v) is 34.4. The summed E-state index contributed by atoms with van der Waals surface area (Å²) in [5.74, 6) is 1.69. The standard InChI is InChI=1S/C61H39NO/c1-2-19-40(20-3-1)42-21-11-16-34-56(42)62(41-37-38-59-51(39-41)46-25-7-6-24-45(46)49-28-12-17-36-58(49)63-59)57-35-18-33-55-60(57)50-29-10-15-32-54(50)61(55)52-30-13-8-26-47(52)43-22-4-5-23-44(43)48-27-9-14-31-53(48)61/h1-39H. The quantitative estimate of drug-likeness (QED) is 0.176. The van der Waals surface area contributed by atoms with Crippen LogP contribution in [-0.4, -0.2) is 0 Å². The van der Waals surface area contributed by atoms with Crippen LogP contribution in [0.2, 0.25) is 0 Å². The lowest BCUT2D eigenvalue weighted by molar-refractivity contribution is 0.488. The molecular weight excluding hydrogens is 763 g/mol. The molecule has 0 saturated heterocycles. The molecule has 0 radical (unpaired) electrons. The van der Waals surface area contributed by atoms with E-state index in [4.69, 9.17) is 4.74 Å². The lowest BCUT2D eigenvalue weighted by atomic mass is 9.66. The Hall–Kier alpha value is -8.20. The van der Waals surface area contributed by atoms with E-state index >= 15 is 0 Å². The van der Waals surface area contributed by atoms with Crippen molar-refractivity contribution in [1.82, 2.24) is 0 Å². The smallest absolute Gasteiger partial charge is 0.135 e. The van der Waals surface area contributed by atoms with Crippen molar-refractivity contribution in [2.24, 2.45) is 0 Å². The maximum atomic E-state index is 6.81. The number of hydrogen-bond acceptors (Lipinski definition) is 2. The Bertz CT molecular complexity index is 3390. The van der Waals surface area contributed by atoms with Crippen LogP contribution in [0.3, 0.4) is 0 Å². The van der Waals surface area contributed by atoms with Crippen molar-refractivity contribution in [2.75, 3.05) is 4.90 Å². The first-order valence-corrected chi connectivity index (χ1v) is 21.8. The molecular formula is C61H39NO. The molecule has 63 heavy (non-hydrogen) atoms. The molecule has 3 aliphatic rings. The average molecular weight is 802 g/mol. The van der Waals surface area contributed by atoms with E-state index in [0.717, 1.165) is 61.9 Å². The number of ether oxygens (including phenoxy) is 1. The summed E-state index contributed by atoms with van der Waals surface area (Å²) in [6.45, 7) is 0. The van der Waals surface area contributed by atoms with Crippen LogP contribution in [-0.2, 0) is 5.41 Å². The average Bonchev–Trinajstić information content (AvgIpc) is 3.51. The highest BCUT2D eigenvalue weighted by molar-refractivity contribution is 6.03.